The fraction of sp³-hybridized carbons (Fsp3) is 1.00. The zero-order valence-electron chi connectivity index (χ0n) is 8.59. The summed E-state index contributed by atoms with van der Waals surface area (Å²) in [5.74, 6) is 2.01. The molecule has 4 atom stereocenters. The summed E-state index contributed by atoms with van der Waals surface area (Å²) in [5, 5.41) is 0. The summed E-state index contributed by atoms with van der Waals surface area (Å²) in [7, 11) is 2.31. The SMILES string of the molecule is CC1CCC2C(C1)CC(C)N2C. The zero-order chi connectivity index (χ0) is 8.72. The lowest BCUT2D eigenvalue weighted by Gasteiger charge is -2.33. The van der Waals surface area contributed by atoms with Crippen LogP contribution < -0.4 is 0 Å². The summed E-state index contributed by atoms with van der Waals surface area (Å²) in [6, 6.07) is 1.77. The second kappa shape index (κ2) is 3.02. The Balaban J connectivity index is 2.04. The molecule has 1 nitrogen and oxygen atoms in total. The van der Waals surface area contributed by atoms with Gasteiger partial charge in [-0.05, 0) is 51.5 Å². The molecule has 1 heteroatoms. The highest BCUT2D eigenvalue weighted by molar-refractivity contribution is 4.93. The van der Waals surface area contributed by atoms with E-state index in [4.69, 9.17) is 0 Å². The van der Waals surface area contributed by atoms with Crippen molar-refractivity contribution < 1.29 is 0 Å². The molecule has 0 radical (unpaired) electrons. The summed E-state index contributed by atoms with van der Waals surface area (Å²) < 4.78 is 0. The van der Waals surface area contributed by atoms with Crippen molar-refractivity contribution in [2.45, 2.75) is 51.6 Å². The summed E-state index contributed by atoms with van der Waals surface area (Å²) in [4.78, 5) is 2.61. The number of hydrogen-bond donors (Lipinski definition) is 0. The van der Waals surface area contributed by atoms with Gasteiger partial charge in [-0.2, -0.15) is 0 Å². The van der Waals surface area contributed by atoms with E-state index in [1.807, 2.05) is 0 Å². The van der Waals surface area contributed by atoms with E-state index in [1.54, 1.807) is 0 Å². The molecule has 0 amide bonds. The van der Waals surface area contributed by atoms with Crippen molar-refractivity contribution in [2.24, 2.45) is 11.8 Å². The lowest BCUT2D eigenvalue weighted by atomic mass is 9.79. The predicted molar refractivity (Wildman–Crippen MR) is 52.1 cm³/mol. The van der Waals surface area contributed by atoms with Gasteiger partial charge in [-0.25, -0.2) is 0 Å². The van der Waals surface area contributed by atoms with Gasteiger partial charge in [0.05, 0.1) is 0 Å². The number of fused-ring (bicyclic) bond motifs is 1. The van der Waals surface area contributed by atoms with Gasteiger partial charge in [0, 0.05) is 12.1 Å². The molecule has 0 N–H and O–H groups in total. The molecule has 2 rings (SSSR count). The van der Waals surface area contributed by atoms with Crippen LogP contribution in [0.1, 0.15) is 39.5 Å². The van der Waals surface area contributed by atoms with Crippen LogP contribution in [0.5, 0.6) is 0 Å². The molecule has 0 aromatic carbocycles. The van der Waals surface area contributed by atoms with Crippen molar-refractivity contribution in [3.63, 3.8) is 0 Å². The van der Waals surface area contributed by atoms with E-state index in [2.05, 4.69) is 25.8 Å². The van der Waals surface area contributed by atoms with Gasteiger partial charge >= 0.3 is 0 Å². The third-order valence-corrected chi connectivity index (χ3v) is 4.07. The lowest BCUT2D eigenvalue weighted by Crippen LogP contribution is -2.35. The summed E-state index contributed by atoms with van der Waals surface area (Å²) in [6.45, 7) is 4.79. The maximum Gasteiger partial charge on any atom is 0.0124 e. The van der Waals surface area contributed by atoms with E-state index in [9.17, 15) is 0 Å². The number of rotatable bonds is 0. The third-order valence-electron chi connectivity index (χ3n) is 4.07. The Hall–Kier alpha value is -0.0400. The largest absolute Gasteiger partial charge is 0.300 e. The minimum Gasteiger partial charge on any atom is -0.300 e. The Morgan fingerprint density at radius 3 is 2.58 bits per heavy atom. The quantitative estimate of drug-likeness (QED) is 0.536. The molecule has 0 aromatic heterocycles. The van der Waals surface area contributed by atoms with Crippen LogP contribution in [0.4, 0.5) is 0 Å². The first kappa shape index (κ1) is 8.55. The average molecular weight is 167 g/mol. The van der Waals surface area contributed by atoms with E-state index in [-0.39, 0.29) is 0 Å². The van der Waals surface area contributed by atoms with Crippen molar-refractivity contribution in [1.82, 2.24) is 4.90 Å². The minimum absolute atomic E-state index is 0.838. The van der Waals surface area contributed by atoms with Crippen molar-refractivity contribution in [3.8, 4) is 0 Å². The summed E-state index contributed by atoms with van der Waals surface area (Å²) >= 11 is 0. The Kier molecular flexibility index (Phi) is 2.16. The van der Waals surface area contributed by atoms with E-state index < -0.39 is 0 Å². The highest BCUT2D eigenvalue weighted by atomic mass is 15.2. The monoisotopic (exact) mass is 167 g/mol. The average Bonchev–Trinajstić information content (AvgIpc) is 2.28. The zero-order valence-corrected chi connectivity index (χ0v) is 8.59. The molecule has 1 saturated carbocycles. The molecule has 70 valence electrons. The molecule has 1 heterocycles. The fourth-order valence-corrected chi connectivity index (χ4v) is 3.20. The van der Waals surface area contributed by atoms with E-state index in [1.165, 1.54) is 25.7 Å². The van der Waals surface area contributed by atoms with Crippen LogP contribution in [0, 0.1) is 11.8 Å². The number of hydrogen-bond acceptors (Lipinski definition) is 1. The van der Waals surface area contributed by atoms with Crippen molar-refractivity contribution >= 4 is 0 Å². The normalized spacial score (nSPS) is 49.2. The Labute approximate surface area is 76.1 Å². The molecular weight excluding hydrogens is 146 g/mol. The van der Waals surface area contributed by atoms with Crippen LogP contribution in [-0.2, 0) is 0 Å². The van der Waals surface area contributed by atoms with Gasteiger partial charge in [0.2, 0.25) is 0 Å². The molecule has 4 unspecified atom stereocenters. The number of likely N-dealkylation sites (tertiary alicyclic amines) is 1. The predicted octanol–water partition coefficient (Wildman–Crippen LogP) is 2.52. The minimum atomic E-state index is 0.838. The van der Waals surface area contributed by atoms with Gasteiger partial charge in [-0.15, -0.1) is 0 Å². The molecular formula is C11H21N. The van der Waals surface area contributed by atoms with Gasteiger partial charge in [0.15, 0.2) is 0 Å². The van der Waals surface area contributed by atoms with Crippen LogP contribution in [0.2, 0.25) is 0 Å². The van der Waals surface area contributed by atoms with Crippen molar-refractivity contribution in [1.29, 1.82) is 0 Å². The Morgan fingerprint density at radius 2 is 1.83 bits per heavy atom. The molecule has 0 bridgehead atoms. The molecule has 2 fully saturated rings. The number of nitrogens with zero attached hydrogens (tertiary/aromatic N) is 1. The molecule has 1 saturated heterocycles. The summed E-state index contributed by atoms with van der Waals surface area (Å²) in [6.07, 6.45) is 5.84. The molecule has 12 heavy (non-hydrogen) atoms. The first-order valence-corrected chi connectivity index (χ1v) is 5.40. The van der Waals surface area contributed by atoms with E-state index >= 15 is 0 Å². The van der Waals surface area contributed by atoms with Crippen molar-refractivity contribution in [3.05, 3.63) is 0 Å². The lowest BCUT2D eigenvalue weighted by molar-refractivity contribution is 0.167. The molecule has 2 aliphatic rings. The Bertz CT molecular complexity index is 164. The van der Waals surface area contributed by atoms with Gasteiger partial charge in [0.1, 0.15) is 0 Å². The fourth-order valence-electron chi connectivity index (χ4n) is 3.20. The second-order valence-corrected chi connectivity index (χ2v) is 5.00. The Morgan fingerprint density at radius 1 is 1.08 bits per heavy atom. The smallest absolute Gasteiger partial charge is 0.0124 e. The second-order valence-electron chi connectivity index (χ2n) is 5.00. The molecule has 1 aliphatic carbocycles. The van der Waals surface area contributed by atoms with Crippen LogP contribution in [0.15, 0.2) is 0 Å². The van der Waals surface area contributed by atoms with Gasteiger partial charge in [-0.1, -0.05) is 6.92 Å². The van der Waals surface area contributed by atoms with Gasteiger partial charge < -0.3 is 4.90 Å². The van der Waals surface area contributed by atoms with E-state index in [0.29, 0.717) is 0 Å². The van der Waals surface area contributed by atoms with Gasteiger partial charge in [0.25, 0.3) is 0 Å². The maximum absolute atomic E-state index is 2.61. The van der Waals surface area contributed by atoms with Crippen LogP contribution >= 0.6 is 0 Å². The summed E-state index contributed by atoms with van der Waals surface area (Å²) in [5.41, 5.74) is 0. The van der Waals surface area contributed by atoms with Crippen molar-refractivity contribution in [2.75, 3.05) is 7.05 Å². The topological polar surface area (TPSA) is 3.24 Å². The molecule has 0 aromatic rings. The van der Waals surface area contributed by atoms with E-state index in [0.717, 1.165) is 23.9 Å². The van der Waals surface area contributed by atoms with Crippen LogP contribution in [0.25, 0.3) is 0 Å². The highest BCUT2D eigenvalue weighted by Gasteiger charge is 2.39. The third kappa shape index (κ3) is 1.28. The first-order valence-electron chi connectivity index (χ1n) is 5.40. The first-order chi connectivity index (χ1) is 5.68. The van der Waals surface area contributed by atoms with Crippen LogP contribution in [0.3, 0.4) is 0 Å². The van der Waals surface area contributed by atoms with Crippen LogP contribution in [-0.4, -0.2) is 24.0 Å². The molecule has 1 aliphatic heterocycles. The van der Waals surface area contributed by atoms with Gasteiger partial charge in [-0.3, -0.25) is 0 Å². The maximum atomic E-state index is 2.61. The molecule has 0 spiro atoms. The highest BCUT2D eigenvalue weighted by Crippen LogP contribution is 2.40. The standard InChI is InChI=1S/C11H21N/c1-8-4-5-11-10(6-8)7-9(2)12(11)3/h8-11H,4-7H2,1-3H3.